The maximum absolute atomic E-state index is 11.5. The molecule has 0 fully saturated rings. The molecule has 3 aromatic rings. The van der Waals surface area contributed by atoms with Crippen molar-refractivity contribution >= 4 is 42.5 Å². The normalized spacial score (nSPS) is 11.7. The molecule has 0 spiro atoms. The van der Waals surface area contributed by atoms with E-state index in [1.807, 2.05) is 30.3 Å². The van der Waals surface area contributed by atoms with Gasteiger partial charge in [-0.3, -0.25) is 4.72 Å². The van der Waals surface area contributed by atoms with Crippen LogP contribution in [0, 0.1) is 0 Å². The summed E-state index contributed by atoms with van der Waals surface area (Å²) >= 11 is 3.41. The van der Waals surface area contributed by atoms with E-state index in [1.54, 1.807) is 6.07 Å². The summed E-state index contributed by atoms with van der Waals surface area (Å²) in [6.07, 6.45) is 1.92. The molecule has 0 aliphatic rings. The Morgan fingerprint density at radius 1 is 1.14 bits per heavy atom. The van der Waals surface area contributed by atoms with Gasteiger partial charge in [0.1, 0.15) is 0 Å². The summed E-state index contributed by atoms with van der Waals surface area (Å²) in [4.78, 5) is 3.35. The minimum Gasteiger partial charge on any atom is -0.358 e. The Balaban J connectivity index is 2.03. The fraction of sp³-hybridized carbons (Fsp3) is 0.125. The number of nitrogens with one attached hydrogen (secondary N) is 2. The smallest absolute Gasteiger partial charge is 0.229 e. The minimum atomic E-state index is -3.32. The number of H-pyrrole nitrogens is 1. The Labute approximate surface area is 137 Å². The molecule has 22 heavy (non-hydrogen) atoms. The number of benzene rings is 2. The Morgan fingerprint density at radius 2 is 1.86 bits per heavy atom. The van der Waals surface area contributed by atoms with Crippen LogP contribution in [0.4, 0.5) is 5.69 Å². The van der Waals surface area contributed by atoms with Crippen molar-refractivity contribution in [1.82, 2.24) is 4.98 Å². The first-order valence-corrected chi connectivity index (χ1v) is 9.42. The van der Waals surface area contributed by atoms with Crippen molar-refractivity contribution in [2.75, 3.05) is 11.0 Å². The quantitative estimate of drug-likeness (QED) is 0.723. The van der Waals surface area contributed by atoms with Crippen LogP contribution in [0.1, 0.15) is 11.3 Å². The SMILES string of the molecule is CS(=O)(=O)Nc1cc(Br)cc2[nH]c(Cc3ccccc3)cc12. The fourth-order valence-electron chi connectivity index (χ4n) is 2.46. The van der Waals surface area contributed by atoms with Gasteiger partial charge in [-0.25, -0.2) is 8.42 Å². The highest BCUT2D eigenvalue weighted by molar-refractivity contribution is 9.10. The summed E-state index contributed by atoms with van der Waals surface area (Å²) in [6, 6.07) is 15.8. The molecule has 0 atom stereocenters. The predicted octanol–water partition coefficient (Wildman–Crippen LogP) is 3.89. The van der Waals surface area contributed by atoms with Crippen molar-refractivity contribution < 1.29 is 8.42 Å². The van der Waals surface area contributed by atoms with Crippen LogP contribution in [0.2, 0.25) is 0 Å². The van der Waals surface area contributed by atoms with E-state index in [1.165, 1.54) is 5.56 Å². The molecule has 2 aromatic carbocycles. The van der Waals surface area contributed by atoms with Crippen LogP contribution >= 0.6 is 15.9 Å². The summed E-state index contributed by atoms with van der Waals surface area (Å²) in [7, 11) is -3.32. The van der Waals surface area contributed by atoms with Gasteiger partial charge in [0.25, 0.3) is 0 Å². The molecule has 2 N–H and O–H groups in total. The summed E-state index contributed by atoms with van der Waals surface area (Å²) < 4.78 is 26.4. The molecule has 6 heteroatoms. The van der Waals surface area contributed by atoms with Gasteiger partial charge < -0.3 is 4.98 Å². The number of fused-ring (bicyclic) bond motifs is 1. The Hall–Kier alpha value is -1.79. The van der Waals surface area contributed by atoms with Crippen LogP contribution < -0.4 is 4.72 Å². The zero-order valence-electron chi connectivity index (χ0n) is 11.9. The molecule has 114 valence electrons. The van der Waals surface area contributed by atoms with Gasteiger partial charge in [0.15, 0.2) is 0 Å². The molecular formula is C16H15BrN2O2S. The average molecular weight is 379 g/mol. The highest BCUT2D eigenvalue weighted by Crippen LogP contribution is 2.30. The first kappa shape index (κ1) is 15.1. The third-order valence-electron chi connectivity index (χ3n) is 3.29. The second-order valence-corrected chi connectivity index (χ2v) is 7.91. The molecule has 0 unspecified atom stereocenters. The van der Waals surface area contributed by atoms with E-state index in [2.05, 4.69) is 37.8 Å². The molecule has 0 radical (unpaired) electrons. The van der Waals surface area contributed by atoms with Gasteiger partial charge in [0.2, 0.25) is 10.0 Å². The molecule has 0 saturated carbocycles. The molecule has 0 aliphatic carbocycles. The first-order chi connectivity index (χ1) is 10.4. The molecule has 0 aliphatic heterocycles. The van der Waals surface area contributed by atoms with E-state index >= 15 is 0 Å². The molecule has 0 bridgehead atoms. The van der Waals surface area contributed by atoms with Crippen LogP contribution in [-0.4, -0.2) is 19.7 Å². The summed E-state index contributed by atoms with van der Waals surface area (Å²) in [5, 5.41) is 0.861. The maximum Gasteiger partial charge on any atom is 0.229 e. The molecule has 3 rings (SSSR count). The molecule has 1 heterocycles. The lowest BCUT2D eigenvalue weighted by Crippen LogP contribution is -2.09. The topological polar surface area (TPSA) is 62.0 Å². The third-order valence-corrected chi connectivity index (χ3v) is 4.34. The van der Waals surface area contributed by atoms with Gasteiger partial charge in [-0.05, 0) is 23.8 Å². The molecule has 0 amide bonds. The van der Waals surface area contributed by atoms with E-state index in [0.29, 0.717) is 5.69 Å². The van der Waals surface area contributed by atoms with Gasteiger partial charge >= 0.3 is 0 Å². The Bertz CT molecular complexity index is 918. The fourth-order valence-corrected chi connectivity index (χ4v) is 3.48. The van der Waals surface area contributed by atoms with E-state index in [9.17, 15) is 8.42 Å². The van der Waals surface area contributed by atoms with Crippen molar-refractivity contribution in [1.29, 1.82) is 0 Å². The number of sulfonamides is 1. The van der Waals surface area contributed by atoms with Crippen LogP contribution in [0.15, 0.2) is 53.0 Å². The van der Waals surface area contributed by atoms with Crippen molar-refractivity contribution in [2.24, 2.45) is 0 Å². The summed E-state index contributed by atoms with van der Waals surface area (Å²) in [6.45, 7) is 0. The van der Waals surface area contributed by atoms with Crippen LogP contribution in [0.5, 0.6) is 0 Å². The van der Waals surface area contributed by atoms with Crippen molar-refractivity contribution in [2.45, 2.75) is 6.42 Å². The standard InChI is InChI=1S/C16H15BrN2O2S/c1-22(20,21)19-16-9-12(17)8-15-14(16)10-13(18-15)7-11-5-3-2-4-6-11/h2-6,8-10,18-19H,7H2,1H3. The van der Waals surface area contributed by atoms with Crippen LogP contribution in [0.3, 0.4) is 0 Å². The Morgan fingerprint density at radius 3 is 2.55 bits per heavy atom. The number of aromatic nitrogens is 1. The van der Waals surface area contributed by atoms with Gasteiger partial charge in [0.05, 0.1) is 11.9 Å². The van der Waals surface area contributed by atoms with Gasteiger partial charge in [-0.15, -0.1) is 0 Å². The lowest BCUT2D eigenvalue weighted by molar-refractivity contribution is 0.607. The highest BCUT2D eigenvalue weighted by atomic mass is 79.9. The van der Waals surface area contributed by atoms with E-state index in [0.717, 1.165) is 33.7 Å². The lowest BCUT2D eigenvalue weighted by Gasteiger charge is -2.06. The number of rotatable bonds is 4. The van der Waals surface area contributed by atoms with Crippen molar-refractivity contribution in [3.05, 3.63) is 64.3 Å². The highest BCUT2D eigenvalue weighted by Gasteiger charge is 2.11. The summed E-state index contributed by atoms with van der Waals surface area (Å²) in [5.74, 6) is 0. The van der Waals surface area contributed by atoms with Gasteiger partial charge in [-0.1, -0.05) is 46.3 Å². The van der Waals surface area contributed by atoms with Gasteiger partial charge in [0, 0.05) is 27.5 Å². The number of hydrogen-bond donors (Lipinski definition) is 2. The monoisotopic (exact) mass is 378 g/mol. The number of aromatic amines is 1. The summed E-state index contributed by atoms with van der Waals surface area (Å²) in [5.41, 5.74) is 3.70. The number of hydrogen-bond acceptors (Lipinski definition) is 2. The second kappa shape index (κ2) is 5.78. The lowest BCUT2D eigenvalue weighted by atomic mass is 10.1. The van der Waals surface area contributed by atoms with Crippen molar-refractivity contribution in [3.63, 3.8) is 0 Å². The van der Waals surface area contributed by atoms with Crippen LogP contribution in [0.25, 0.3) is 10.9 Å². The first-order valence-electron chi connectivity index (χ1n) is 6.73. The zero-order chi connectivity index (χ0) is 15.7. The number of anilines is 1. The predicted molar refractivity (Wildman–Crippen MR) is 93.7 cm³/mol. The third kappa shape index (κ3) is 3.51. The Kier molecular flexibility index (Phi) is 3.97. The molecular weight excluding hydrogens is 364 g/mol. The largest absolute Gasteiger partial charge is 0.358 e. The zero-order valence-corrected chi connectivity index (χ0v) is 14.3. The molecule has 1 aromatic heterocycles. The number of halogens is 1. The van der Waals surface area contributed by atoms with Crippen molar-refractivity contribution in [3.8, 4) is 0 Å². The minimum absolute atomic E-state index is 0.572. The molecule has 0 saturated heterocycles. The van der Waals surface area contributed by atoms with Crippen LogP contribution in [-0.2, 0) is 16.4 Å². The van der Waals surface area contributed by atoms with E-state index in [4.69, 9.17) is 0 Å². The maximum atomic E-state index is 11.5. The van der Waals surface area contributed by atoms with Gasteiger partial charge in [-0.2, -0.15) is 0 Å². The van der Waals surface area contributed by atoms with E-state index < -0.39 is 10.0 Å². The van der Waals surface area contributed by atoms with E-state index in [-0.39, 0.29) is 0 Å². The average Bonchev–Trinajstić information content (AvgIpc) is 2.80. The second-order valence-electron chi connectivity index (χ2n) is 5.25. The molecule has 4 nitrogen and oxygen atoms in total.